The van der Waals surface area contributed by atoms with Crippen molar-refractivity contribution in [3.63, 3.8) is 0 Å². The lowest BCUT2D eigenvalue weighted by Gasteiger charge is -2.40. The molecule has 1 saturated carbocycles. The van der Waals surface area contributed by atoms with Crippen LogP contribution < -0.4 is 15.5 Å². The van der Waals surface area contributed by atoms with Gasteiger partial charge in [0.05, 0.1) is 0 Å². The molecule has 1 aliphatic heterocycles. The van der Waals surface area contributed by atoms with Gasteiger partial charge in [-0.1, -0.05) is 49.6 Å². The van der Waals surface area contributed by atoms with Gasteiger partial charge in [-0.25, -0.2) is 9.18 Å². The first-order chi connectivity index (χ1) is 17.9. The fourth-order valence-electron chi connectivity index (χ4n) is 5.58. The van der Waals surface area contributed by atoms with Gasteiger partial charge in [-0.15, -0.1) is 0 Å². The lowest BCUT2D eigenvalue weighted by Crippen LogP contribution is -2.57. The van der Waals surface area contributed by atoms with Crippen LogP contribution >= 0.6 is 0 Å². The summed E-state index contributed by atoms with van der Waals surface area (Å²) in [6.45, 7) is 2.35. The van der Waals surface area contributed by atoms with Gasteiger partial charge in [0, 0.05) is 25.3 Å². The second-order valence-electron chi connectivity index (χ2n) is 10.1. The predicted octanol–water partition coefficient (Wildman–Crippen LogP) is 4.85. The summed E-state index contributed by atoms with van der Waals surface area (Å²) in [5.41, 5.74) is 1.82. The van der Waals surface area contributed by atoms with E-state index in [0.717, 1.165) is 50.5 Å². The van der Waals surface area contributed by atoms with Crippen LogP contribution in [0.15, 0.2) is 48.5 Å². The molecule has 4 amide bonds. The number of benzene rings is 2. The molecule has 0 aromatic heterocycles. The average Bonchev–Trinajstić information content (AvgIpc) is 2.92. The number of halogens is 1. The Bertz CT molecular complexity index is 1120. The fourth-order valence-corrected chi connectivity index (χ4v) is 5.58. The standard InChI is InChI=1S/C29H37FN4O3/c1-20-11-6-7-16-24(20)26(27(35)32-22-13-4-3-5-14-22)34(23-15-10-12-21(30)19-23)28(36)25-17-8-9-18-33(25)29(37)31-2/h6-7,10-12,15-16,19,22,25-26H,3-5,8-9,13-14,17-18H2,1-2H3,(H,31,37)(H,32,35). The number of nitrogens with one attached hydrogen (secondary N) is 2. The van der Waals surface area contributed by atoms with Crippen LogP contribution in [0.25, 0.3) is 0 Å². The highest BCUT2D eigenvalue weighted by molar-refractivity contribution is 6.05. The molecule has 0 bridgehead atoms. The Balaban J connectivity index is 1.81. The molecule has 0 spiro atoms. The Morgan fingerprint density at radius 2 is 1.70 bits per heavy atom. The lowest BCUT2D eigenvalue weighted by atomic mass is 9.93. The average molecular weight is 509 g/mol. The van der Waals surface area contributed by atoms with E-state index >= 15 is 0 Å². The molecule has 1 saturated heterocycles. The molecule has 2 aromatic carbocycles. The highest BCUT2D eigenvalue weighted by Crippen LogP contribution is 2.33. The summed E-state index contributed by atoms with van der Waals surface area (Å²) in [5, 5.41) is 5.82. The van der Waals surface area contributed by atoms with Crippen molar-refractivity contribution in [2.24, 2.45) is 0 Å². The smallest absolute Gasteiger partial charge is 0.317 e. The number of urea groups is 1. The second kappa shape index (κ2) is 12.2. The third kappa shape index (κ3) is 6.12. The molecule has 7 nitrogen and oxygen atoms in total. The van der Waals surface area contributed by atoms with Gasteiger partial charge in [-0.2, -0.15) is 0 Å². The van der Waals surface area contributed by atoms with E-state index in [0.29, 0.717) is 24.2 Å². The molecule has 2 N–H and O–H groups in total. The van der Waals surface area contributed by atoms with E-state index in [9.17, 15) is 18.8 Å². The number of rotatable bonds is 6. The Hall–Kier alpha value is -3.42. The van der Waals surface area contributed by atoms with E-state index in [2.05, 4.69) is 10.6 Å². The molecular formula is C29H37FN4O3. The third-order valence-corrected chi connectivity index (χ3v) is 7.53. The number of aryl methyl sites for hydroxylation is 1. The van der Waals surface area contributed by atoms with Crippen molar-refractivity contribution >= 4 is 23.5 Å². The maximum atomic E-state index is 14.5. The quantitative estimate of drug-likeness (QED) is 0.585. The maximum absolute atomic E-state index is 14.5. The number of piperidine rings is 1. The molecule has 8 heteroatoms. The van der Waals surface area contributed by atoms with Gasteiger partial charge in [0.1, 0.15) is 17.9 Å². The molecule has 1 aliphatic carbocycles. The Morgan fingerprint density at radius 1 is 0.973 bits per heavy atom. The van der Waals surface area contributed by atoms with Crippen molar-refractivity contribution in [2.75, 3.05) is 18.5 Å². The number of carbonyl (C=O) groups is 3. The highest BCUT2D eigenvalue weighted by Gasteiger charge is 2.41. The highest BCUT2D eigenvalue weighted by atomic mass is 19.1. The van der Waals surface area contributed by atoms with Gasteiger partial charge < -0.3 is 15.5 Å². The normalized spacial score (nSPS) is 19.1. The molecule has 2 aromatic rings. The van der Waals surface area contributed by atoms with Crippen LogP contribution in [0.4, 0.5) is 14.9 Å². The molecular weight excluding hydrogens is 471 g/mol. The zero-order chi connectivity index (χ0) is 26.4. The first-order valence-electron chi connectivity index (χ1n) is 13.3. The van der Waals surface area contributed by atoms with Crippen molar-refractivity contribution in [3.8, 4) is 0 Å². The van der Waals surface area contributed by atoms with Crippen LogP contribution in [0.3, 0.4) is 0 Å². The molecule has 2 unspecified atom stereocenters. The summed E-state index contributed by atoms with van der Waals surface area (Å²) < 4.78 is 14.5. The van der Waals surface area contributed by atoms with Gasteiger partial charge in [0.15, 0.2) is 0 Å². The largest absolute Gasteiger partial charge is 0.351 e. The summed E-state index contributed by atoms with van der Waals surface area (Å²) in [6.07, 6.45) is 7.10. The predicted molar refractivity (Wildman–Crippen MR) is 142 cm³/mol. The number of nitrogens with zero attached hydrogens (tertiary/aromatic N) is 2. The minimum Gasteiger partial charge on any atom is -0.351 e. The van der Waals surface area contributed by atoms with E-state index in [1.165, 1.54) is 35.0 Å². The van der Waals surface area contributed by atoms with Gasteiger partial charge >= 0.3 is 6.03 Å². The van der Waals surface area contributed by atoms with E-state index < -0.39 is 17.9 Å². The Morgan fingerprint density at radius 3 is 2.41 bits per heavy atom. The van der Waals surface area contributed by atoms with Gasteiger partial charge in [-0.3, -0.25) is 14.5 Å². The first kappa shape index (κ1) is 26.6. The number of hydrogen-bond donors (Lipinski definition) is 2. The van der Waals surface area contributed by atoms with Gasteiger partial charge in [-0.05, 0) is 68.4 Å². The van der Waals surface area contributed by atoms with E-state index in [4.69, 9.17) is 0 Å². The van der Waals surface area contributed by atoms with Crippen molar-refractivity contribution in [1.29, 1.82) is 0 Å². The molecule has 37 heavy (non-hydrogen) atoms. The van der Waals surface area contributed by atoms with Gasteiger partial charge in [0.2, 0.25) is 5.91 Å². The summed E-state index contributed by atoms with van der Waals surface area (Å²) >= 11 is 0. The Labute approximate surface area is 218 Å². The second-order valence-corrected chi connectivity index (χ2v) is 10.1. The zero-order valence-corrected chi connectivity index (χ0v) is 21.7. The van der Waals surface area contributed by atoms with Crippen LogP contribution in [0.1, 0.15) is 68.5 Å². The number of amides is 4. The van der Waals surface area contributed by atoms with Crippen LogP contribution in [0.5, 0.6) is 0 Å². The van der Waals surface area contributed by atoms with E-state index in [1.807, 2.05) is 31.2 Å². The third-order valence-electron chi connectivity index (χ3n) is 7.53. The Kier molecular flexibility index (Phi) is 8.79. The molecule has 2 atom stereocenters. The van der Waals surface area contributed by atoms with Crippen LogP contribution in [0.2, 0.25) is 0 Å². The summed E-state index contributed by atoms with van der Waals surface area (Å²) in [7, 11) is 1.54. The van der Waals surface area contributed by atoms with Crippen molar-refractivity contribution in [3.05, 3.63) is 65.5 Å². The topological polar surface area (TPSA) is 81.8 Å². The summed E-state index contributed by atoms with van der Waals surface area (Å²) in [4.78, 5) is 44.0. The minimum atomic E-state index is -1.01. The molecule has 2 aliphatic rings. The van der Waals surface area contributed by atoms with E-state index in [-0.39, 0.29) is 23.9 Å². The maximum Gasteiger partial charge on any atom is 0.317 e. The number of carbonyl (C=O) groups excluding carboxylic acids is 3. The first-order valence-corrected chi connectivity index (χ1v) is 13.3. The lowest BCUT2D eigenvalue weighted by molar-refractivity contribution is -0.129. The number of likely N-dealkylation sites (tertiary alicyclic amines) is 1. The summed E-state index contributed by atoms with van der Waals surface area (Å²) in [5.74, 6) is -1.18. The molecule has 1 heterocycles. The number of anilines is 1. The summed E-state index contributed by atoms with van der Waals surface area (Å²) in [6, 6.07) is 11.2. The van der Waals surface area contributed by atoms with E-state index in [1.54, 1.807) is 6.07 Å². The SMILES string of the molecule is CNC(=O)N1CCCCC1C(=O)N(c1cccc(F)c1)C(C(=O)NC1CCCCC1)c1ccccc1C. The monoisotopic (exact) mass is 508 g/mol. The van der Waals surface area contributed by atoms with Crippen molar-refractivity contribution < 1.29 is 18.8 Å². The van der Waals surface area contributed by atoms with Crippen molar-refractivity contribution in [2.45, 2.75) is 76.4 Å². The van der Waals surface area contributed by atoms with Crippen LogP contribution in [0, 0.1) is 12.7 Å². The van der Waals surface area contributed by atoms with Gasteiger partial charge in [0.25, 0.3) is 5.91 Å². The minimum absolute atomic E-state index is 0.0364. The number of hydrogen-bond acceptors (Lipinski definition) is 3. The fraction of sp³-hybridized carbons (Fsp3) is 0.483. The molecule has 198 valence electrons. The molecule has 4 rings (SSSR count). The van der Waals surface area contributed by atoms with Crippen molar-refractivity contribution in [1.82, 2.24) is 15.5 Å². The zero-order valence-electron chi connectivity index (χ0n) is 21.7. The molecule has 0 radical (unpaired) electrons. The van der Waals surface area contributed by atoms with Crippen LogP contribution in [-0.2, 0) is 9.59 Å². The van der Waals surface area contributed by atoms with Crippen LogP contribution in [-0.4, -0.2) is 48.4 Å². The molecule has 2 fully saturated rings.